The molecule has 0 fully saturated rings. The van der Waals surface area contributed by atoms with E-state index in [-0.39, 0.29) is 5.91 Å². The van der Waals surface area contributed by atoms with Crippen molar-refractivity contribution in [2.75, 3.05) is 12.3 Å². The van der Waals surface area contributed by atoms with E-state index in [9.17, 15) is 4.79 Å². The van der Waals surface area contributed by atoms with Gasteiger partial charge in [0.05, 0.1) is 5.56 Å². The van der Waals surface area contributed by atoms with Gasteiger partial charge in [-0.15, -0.1) is 11.3 Å². The lowest BCUT2D eigenvalue weighted by Gasteiger charge is -2.08. The van der Waals surface area contributed by atoms with Crippen molar-refractivity contribution in [3.63, 3.8) is 0 Å². The smallest absolute Gasteiger partial charge is 0.253 e. The summed E-state index contributed by atoms with van der Waals surface area (Å²) in [5, 5.41) is 6.61. The van der Waals surface area contributed by atoms with Gasteiger partial charge >= 0.3 is 0 Å². The number of hydrogen-bond donors (Lipinski definition) is 2. The predicted octanol–water partition coefficient (Wildman–Crippen LogP) is 2.85. The third-order valence-corrected chi connectivity index (χ3v) is 4.24. The number of benzene rings is 1. The number of carbonyl (C=O) groups excluding carboxylic acids is 1. The van der Waals surface area contributed by atoms with Gasteiger partial charge in [-0.25, -0.2) is 4.98 Å². The zero-order chi connectivity index (χ0) is 14.7. The molecule has 1 amide bonds. The van der Waals surface area contributed by atoms with Crippen molar-refractivity contribution in [1.29, 1.82) is 0 Å². The van der Waals surface area contributed by atoms with Crippen molar-refractivity contribution in [2.24, 2.45) is 0 Å². The molecule has 3 aromatic rings. The summed E-state index contributed by atoms with van der Waals surface area (Å²) in [4.78, 5) is 17.7. The summed E-state index contributed by atoms with van der Waals surface area (Å²) >= 11 is 1.69. The second-order valence-corrected chi connectivity index (χ2v) is 5.72. The Kier molecular flexibility index (Phi) is 3.83. The van der Waals surface area contributed by atoms with Crippen LogP contribution in [-0.2, 0) is 6.42 Å². The molecular formula is C16H15N3OS. The number of anilines is 1. The summed E-state index contributed by atoms with van der Waals surface area (Å²) in [6.07, 6.45) is 2.38. The topological polar surface area (TPSA) is 68.0 Å². The fourth-order valence-electron chi connectivity index (χ4n) is 2.24. The summed E-state index contributed by atoms with van der Waals surface area (Å²) < 4.78 is 0. The molecular weight excluding hydrogens is 282 g/mol. The van der Waals surface area contributed by atoms with Gasteiger partial charge in [-0.2, -0.15) is 0 Å². The molecule has 0 aliphatic heterocycles. The largest absolute Gasteiger partial charge is 0.383 e. The van der Waals surface area contributed by atoms with Crippen LogP contribution >= 0.6 is 11.3 Å². The lowest BCUT2D eigenvalue weighted by molar-refractivity contribution is 0.0955. The van der Waals surface area contributed by atoms with Crippen LogP contribution in [0.1, 0.15) is 15.2 Å². The van der Waals surface area contributed by atoms with Crippen LogP contribution in [0.25, 0.3) is 10.8 Å². The van der Waals surface area contributed by atoms with E-state index in [0.29, 0.717) is 17.9 Å². The number of nitrogens with one attached hydrogen (secondary N) is 1. The minimum absolute atomic E-state index is 0.116. The maximum absolute atomic E-state index is 12.3. The van der Waals surface area contributed by atoms with Crippen molar-refractivity contribution in [2.45, 2.75) is 6.42 Å². The van der Waals surface area contributed by atoms with E-state index in [4.69, 9.17) is 5.73 Å². The Labute approximate surface area is 126 Å². The summed E-state index contributed by atoms with van der Waals surface area (Å²) in [6, 6.07) is 11.6. The summed E-state index contributed by atoms with van der Waals surface area (Å²) in [7, 11) is 0. The molecule has 0 bridgehead atoms. The SMILES string of the molecule is Nc1ncc(C(=O)NCCc2cccs2)c2ccccc12. The van der Waals surface area contributed by atoms with Crippen LogP contribution in [0.2, 0.25) is 0 Å². The van der Waals surface area contributed by atoms with Crippen LogP contribution in [0.5, 0.6) is 0 Å². The number of nitrogen functional groups attached to an aromatic ring is 1. The van der Waals surface area contributed by atoms with Crippen molar-refractivity contribution in [1.82, 2.24) is 10.3 Å². The Balaban J connectivity index is 1.77. The maximum atomic E-state index is 12.3. The van der Waals surface area contributed by atoms with Gasteiger partial charge in [0.1, 0.15) is 5.82 Å². The van der Waals surface area contributed by atoms with Gasteiger partial charge in [-0.05, 0) is 23.3 Å². The van der Waals surface area contributed by atoms with Crippen LogP contribution in [0.4, 0.5) is 5.82 Å². The predicted molar refractivity (Wildman–Crippen MR) is 86.5 cm³/mol. The fraction of sp³-hybridized carbons (Fsp3) is 0.125. The average molecular weight is 297 g/mol. The van der Waals surface area contributed by atoms with Gasteiger partial charge < -0.3 is 11.1 Å². The van der Waals surface area contributed by atoms with Crippen LogP contribution in [-0.4, -0.2) is 17.4 Å². The number of pyridine rings is 1. The van der Waals surface area contributed by atoms with E-state index in [1.54, 1.807) is 11.3 Å². The van der Waals surface area contributed by atoms with Crippen LogP contribution in [0.15, 0.2) is 48.0 Å². The van der Waals surface area contributed by atoms with Crippen molar-refractivity contribution < 1.29 is 4.79 Å². The number of nitrogens with two attached hydrogens (primary N) is 1. The lowest BCUT2D eigenvalue weighted by Crippen LogP contribution is -2.26. The standard InChI is InChI=1S/C16H15N3OS/c17-15-13-6-2-1-5-12(13)14(10-19-15)16(20)18-8-7-11-4-3-9-21-11/h1-6,9-10H,7-8H2,(H2,17,19)(H,18,20). The molecule has 1 aromatic carbocycles. The number of thiophene rings is 1. The van der Waals surface area contributed by atoms with E-state index < -0.39 is 0 Å². The molecule has 0 saturated heterocycles. The van der Waals surface area contributed by atoms with E-state index in [0.717, 1.165) is 17.2 Å². The third-order valence-electron chi connectivity index (χ3n) is 3.31. The number of rotatable bonds is 4. The van der Waals surface area contributed by atoms with E-state index >= 15 is 0 Å². The Morgan fingerprint density at radius 3 is 2.76 bits per heavy atom. The van der Waals surface area contributed by atoms with Crippen molar-refractivity contribution >= 4 is 33.8 Å². The minimum Gasteiger partial charge on any atom is -0.383 e. The molecule has 0 spiro atoms. The Hall–Kier alpha value is -2.40. The van der Waals surface area contributed by atoms with Crippen LogP contribution in [0, 0.1) is 0 Å². The van der Waals surface area contributed by atoms with Crippen LogP contribution < -0.4 is 11.1 Å². The second kappa shape index (κ2) is 5.93. The van der Waals surface area contributed by atoms with E-state index in [1.807, 2.05) is 35.7 Å². The molecule has 5 heteroatoms. The molecule has 3 N–H and O–H groups in total. The molecule has 106 valence electrons. The molecule has 3 rings (SSSR count). The molecule has 0 aliphatic carbocycles. The summed E-state index contributed by atoms with van der Waals surface area (Å²) in [5.74, 6) is 0.330. The van der Waals surface area contributed by atoms with Gasteiger partial charge in [0.25, 0.3) is 5.91 Å². The highest BCUT2D eigenvalue weighted by molar-refractivity contribution is 7.09. The summed E-state index contributed by atoms with van der Waals surface area (Å²) in [5.41, 5.74) is 6.41. The zero-order valence-electron chi connectivity index (χ0n) is 11.4. The fourth-order valence-corrected chi connectivity index (χ4v) is 2.95. The molecule has 0 atom stereocenters. The first-order valence-corrected chi connectivity index (χ1v) is 7.57. The number of nitrogens with zero attached hydrogens (tertiary/aromatic N) is 1. The zero-order valence-corrected chi connectivity index (χ0v) is 12.2. The third kappa shape index (κ3) is 2.87. The first-order chi connectivity index (χ1) is 10.3. The highest BCUT2D eigenvalue weighted by Crippen LogP contribution is 2.22. The first-order valence-electron chi connectivity index (χ1n) is 6.69. The Morgan fingerprint density at radius 2 is 2.00 bits per heavy atom. The normalized spacial score (nSPS) is 10.7. The van der Waals surface area contributed by atoms with Crippen molar-refractivity contribution in [3.8, 4) is 0 Å². The first kappa shape index (κ1) is 13.6. The molecule has 0 radical (unpaired) electrons. The second-order valence-electron chi connectivity index (χ2n) is 4.69. The van der Waals surface area contributed by atoms with E-state index in [2.05, 4.69) is 16.4 Å². The molecule has 4 nitrogen and oxygen atoms in total. The molecule has 2 heterocycles. The Bertz CT molecular complexity index is 768. The Morgan fingerprint density at radius 1 is 1.19 bits per heavy atom. The van der Waals surface area contributed by atoms with Gasteiger partial charge in [0.2, 0.25) is 0 Å². The van der Waals surface area contributed by atoms with Gasteiger partial charge in [-0.3, -0.25) is 4.79 Å². The number of carbonyl (C=O) groups is 1. The van der Waals surface area contributed by atoms with Crippen molar-refractivity contribution in [3.05, 3.63) is 58.4 Å². The lowest BCUT2D eigenvalue weighted by atomic mass is 10.1. The molecule has 0 saturated carbocycles. The van der Waals surface area contributed by atoms with Gasteiger partial charge in [0, 0.05) is 23.0 Å². The average Bonchev–Trinajstić information content (AvgIpc) is 3.01. The molecule has 0 aliphatic rings. The minimum atomic E-state index is -0.116. The molecule has 21 heavy (non-hydrogen) atoms. The monoisotopic (exact) mass is 297 g/mol. The highest BCUT2D eigenvalue weighted by atomic mass is 32.1. The molecule has 2 aromatic heterocycles. The highest BCUT2D eigenvalue weighted by Gasteiger charge is 2.11. The quantitative estimate of drug-likeness (QED) is 0.778. The maximum Gasteiger partial charge on any atom is 0.253 e. The van der Waals surface area contributed by atoms with E-state index in [1.165, 1.54) is 11.1 Å². The number of fused-ring (bicyclic) bond motifs is 1. The van der Waals surface area contributed by atoms with Gasteiger partial charge in [0.15, 0.2) is 0 Å². The number of amides is 1. The van der Waals surface area contributed by atoms with Crippen LogP contribution in [0.3, 0.4) is 0 Å². The number of aromatic nitrogens is 1. The molecule has 0 unspecified atom stereocenters. The van der Waals surface area contributed by atoms with Gasteiger partial charge in [-0.1, -0.05) is 30.3 Å². The number of hydrogen-bond acceptors (Lipinski definition) is 4. The summed E-state index contributed by atoms with van der Waals surface area (Å²) in [6.45, 7) is 0.609.